The van der Waals surface area contributed by atoms with Crippen molar-refractivity contribution in [3.05, 3.63) is 272 Å². The van der Waals surface area contributed by atoms with Crippen molar-refractivity contribution >= 4 is 195 Å². The largest absolute Gasteiger partial charge is 0.495 e. The van der Waals surface area contributed by atoms with E-state index in [-0.39, 0.29) is 168 Å². The van der Waals surface area contributed by atoms with Gasteiger partial charge in [-0.15, -0.1) is 11.3 Å². The topological polar surface area (TPSA) is 382 Å². The van der Waals surface area contributed by atoms with Gasteiger partial charge in [0, 0.05) is 147 Å². The number of hydrogen-bond acceptors (Lipinski definition) is 27. The van der Waals surface area contributed by atoms with Crippen LogP contribution in [0.2, 0.25) is 40.2 Å². The van der Waals surface area contributed by atoms with Crippen LogP contribution in [0, 0.1) is 17.8 Å². The number of hydrogen-bond donors (Lipinski definition) is 4. The molecule has 3 aliphatic heterocycles. The van der Waals surface area contributed by atoms with Crippen LogP contribution in [0.25, 0.3) is 38.5 Å². The smallest absolute Gasteiger partial charge is 0.247 e. The number of methoxy groups -OCH3 is 8. The van der Waals surface area contributed by atoms with Gasteiger partial charge in [0.1, 0.15) is 57.0 Å². The number of carbonyl (C=O) groups is 8. The second kappa shape index (κ2) is 47.7. The molecule has 40 heteroatoms. The monoisotopic (exact) mass is 2080 g/mol. The number of thiophene rings is 1. The molecule has 732 valence electrons. The highest BCUT2D eigenvalue weighted by molar-refractivity contribution is 7.21. The van der Waals surface area contributed by atoms with Gasteiger partial charge in [-0.2, -0.15) is 5.10 Å². The third-order valence-electron chi connectivity index (χ3n) is 23.3. The van der Waals surface area contributed by atoms with Gasteiger partial charge in [0.15, 0.2) is 28.5 Å². The molecule has 3 fully saturated rings. The van der Waals surface area contributed by atoms with E-state index in [2.05, 4.69) is 62.6 Å². The number of ketones is 4. The van der Waals surface area contributed by atoms with E-state index in [0.29, 0.717) is 156 Å². The first-order valence-electron chi connectivity index (χ1n) is 43.3. The number of Topliss-reactive ketones (excluding diaryl/α,β-unsaturated/α-hetero) is 1. The molecule has 6 unspecified atom stereocenters. The molecule has 8 aromatic heterocycles. The number of amides is 4. The highest BCUT2D eigenvalue weighted by atomic mass is 35.5. The third-order valence-corrected chi connectivity index (χ3v) is 27.4. The zero-order valence-corrected chi connectivity index (χ0v) is 83.9. The average molecular weight is 2090 g/mol. The molecule has 31 nitrogen and oxygen atoms in total. The van der Waals surface area contributed by atoms with Crippen molar-refractivity contribution in [3.8, 4) is 46.0 Å². The lowest BCUT2D eigenvalue weighted by atomic mass is 9.90. The summed E-state index contributed by atoms with van der Waals surface area (Å²) in [6, 6.07) is 25.7. The van der Waals surface area contributed by atoms with Crippen LogP contribution in [0.5, 0.6) is 46.0 Å². The predicted molar refractivity (Wildman–Crippen MR) is 536 cm³/mol. The van der Waals surface area contributed by atoms with Crippen LogP contribution in [0.3, 0.4) is 0 Å². The quantitative estimate of drug-likeness (QED) is 0.0225. The van der Waals surface area contributed by atoms with E-state index in [1.165, 1.54) is 111 Å². The van der Waals surface area contributed by atoms with Crippen molar-refractivity contribution in [1.82, 2.24) is 45.7 Å². The number of pyridine rings is 4. The van der Waals surface area contributed by atoms with Gasteiger partial charge < -0.3 is 82.2 Å². The molecule has 16 rings (SSSR count). The van der Waals surface area contributed by atoms with E-state index in [1.807, 2.05) is 30.3 Å². The first-order valence-corrected chi connectivity index (χ1v) is 47.1. The maximum atomic E-state index is 13.4. The Labute approximate surface area is 848 Å². The lowest BCUT2D eigenvalue weighted by molar-refractivity contribution is -0.119. The van der Waals surface area contributed by atoms with Crippen LogP contribution in [-0.4, -0.2) is 191 Å². The van der Waals surface area contributed by atoms with Crippen molar-refractivity contribution in [2.75, 3.05) is 102 Å². The van der Waals surface area contributed by atoms with Gasteiger partial charge in [0.2, 0.25) is 41.0 Å². The standard InChI is InChI=1S/C26H26Cl2N2O5.C25H24Cl2N2O6.C25H24Cl2N2O5S.C24H20Cl2N4O5/c1-4-22(31)30-18-7-8-35-13-16(18)10-17-6-5-14-9-15(11-19(14)29-17)26(32)23-24(27)20(33-2)12-21(34-3)25(23)28;1-4-21(30)29-15-7-8-34-12-13(15)9-14-5-6-17-16(28-14)10-20(35-17)25(31)22-23(26)18(32-2)11-19(33-3)24(22)27;1-4-21(30)29-15-7-8-34-12-13(15)9-14-5-6-19-16(28-14)10-20(35-19)25(31)22-23(26)17(32-2)11-18(33-3)24(22)27;1-5-20(31)28-15-11-30(2)29-13(15)8-12-6-7-16-14(27-12)9-19(35-16)24(32)21-22(25)17(33-3)10-18(34-4)23(21)26/h4-6,11-12,16,18H,1,7-10,13H2,2-3H3,(H,30,31);2*4-6,10-11,13,15H,1,7-9,12H2,2-3H3,(H,29,30);5-7,9-11H,1,8H2,2-4H3,(H,28,31). The summed E-state index contributed by atoms with van der Waals surface area (Å²) >= 11 is 52.6. The van der Waals surface area contributed by atoms with Crippen LogP contribution in [0.15, 0.2) is 162 Å². The van der Waals surface area contributed by atoms with Crippen molar-refractivity contribution in [2.45, 2.75) is 69.5 Å². The lowest BCUT2D eigenvalue weighted by Gasteiger charge is -2.31. The fourth-order valence-electron chi connectivity index (χ4n) is 16.2. The summed E-state index contributed by atoms with van der Waals surface area (Å²) < 4.78 is 73.0. The first-order chi connectivity index (χ1) is 67.3. The number of allylic oxidation sites excluding steroid dienone is 1. The summed E-state index contributed by atoms with van der Waals surface area (Å²) in [4.78, 5) is 120. The number of ether oxygens (including phenoxy) is 11. The maximum absolute atomic E-state index is 13.4. The first kappa shape index (κ1) is 105. The Bertz CT molecular complexity index is 6560. The number of nitrogens with one attached hydrogen (secondary N) is 4. The molecule has 4 aromatic carbocycles. The van der Waals surface area contributed by atoms with Crippen molar-refractivity contribution in [3.63, 3.8) is 0 Å². The molecule has 4 amide bonds. The SMILES string of the molecule is C=CC(=O)NC1CCOCC1Cc1ccc2c(n1)C=C(C(=O)c1c(Cl)c(OC)cc(OC)c1Cl)C2.C=CC(=O)NC1CCOCC1Cc1ccc2oc(C(=O)c3c(Cl)c(OC)cc(OC)c3Cl)cc2n1.C=CC(=O)NC1CCOCC1Cc1ccc2sc(C(=O)c3c(Cl)c(OC)cc(OC)c3Cl)cc2n1.C=CC(=O)Nc1cn(C)nc1Cc1ccc2oc(C(=O)c3c(Cl)c(OC)cc(OC)c3Cl)cc2n1. The van der Waals surface area contributed by atoms with Gasteiger partial charge in [-0.25, -0.2) is 9.97 Å². The second-order valence-corrected chi connectivity index (χ2v) is 36.1. The number of fused-ring (bicyclic) bond motifs is 4. The molecular formula is C100H94Cl8N10O21S. The van der Waals surface area contributed by atoms with Gasteiger partial charge in [0.05, 0.1) is 171 Å². The van der Waals surface area contributed by atoms with Crippen molar-refractivity contribution in [1.29, 1.82) is 0 Å². The zero-order valence-electron chi connectivity index (χ0n) is 77.0. The van der Waals surface area contributed by atoms with E-state index < -0.39 is 11.6 Å². The summed E-state index contributed by atoms with van der Waals surface area (Å²) in [5, 5.41) is 16.8. The molecule has 0 saturated carbocycles. The van der Waals surface area contributed by atoms with Crippen LogP contribution >= 0.6 is 104 Å². The van der Waals surface area contributed by atoms with E-state index in [4.69, 9.17) is 164 Å². The molecule has 4 N–H and O–H groups in total. The van der Waals surface area contributed by atoms with Crippen LogP contribution < -0.4 is 59.2 Å². The normalized spacial score (nSPS) is 16.3. The Morgan fingerprint density at radius 2 is 0.779 bits per heavy atom. The van der Waals surface area contributed by atoms with Gasteiger partial charge in [-0.1, -0.05) is 125 Å². The Morgan fingerprint density at radius 3 is 1.17 bits per heavy atom. The number of aryl methyl sites for hydroxylation is 1. The van der Waals surface area contributed by atoms with Gasteiger partial charge in [-0.05, 0) is 123 Å². The Kier molecular flexibility index (Phi) is 35.8. The minimum atomic E-state index is -0.545. The zero-order chi connectivity index (χ0) is 101. The van der Waals surface area contributed by atoms with Crippen LogP contribution in [0.1, 0.15) is 117 Å². The molecule has 0 spiro atoms. The minimum Gasteiger partial charge on any atom is -0.495 e. The molecule has 0 bridgehead atoms. The second-order valence-electron chi connectivity index (χ2n) is 32.0. The molecule has 3 saturated heterocycles. The van der Waals surface area contributed by atoms with Gasteiger partial charge in [-0.3, -0.25) is 53.0 Å². The van der Waals surface area contributed by atoms with Crippen LogP contribution in [0.4, 0.5) is 5.69 Å². The highest BCUT2D eigenvalue weighted by Crippen LogP contribution is 2.48. The highest BCUT2D eigenvalue weighted by Gasteiger charge is 2.36. The average Bonchev–Trinajstić information content (AvgIpc) is 1.54. The van der Waals surface area contributed by atoms with E-state index in [0.717, 1.165) is 45.9 Å². The van der Waals surface area contributed by atoms with Gasteiger partial charge >= 0.3 is 0 Å². The third kappa shape index (κ3) is 24.1. The number of nitrogens with zero attached hydrogens (tertiary/aromatic N) is 6. The summed E-state index contributed by atoms with van der Waals surface area (Å²) in [6.45, 7) is 17.4. The van der Waals surface area contributed by atoms with E-state index >= 15 is 0 Å². The molecular weight excluding hydrogens is 1990 g/mol. The summed E-state index contributed by atoms with van der Waals surface area (Å²) in [6.07, 6.45) is 13.2. The Balaban J connectivity index is 0.000000157. The molecule has 11 heterocycles. The maximum Gasteiger partial charge on any atom is 0.247 e. The predicted octanol–water partition coefficient (Wildman–Crippen LogP) is 19.0. The van der Waals surface area contributed by atoms with Crippen molar-refractivity contribution < 1.29 is 99.3 Å². The molecule has 0 radical (unpaired) electrons. The summed E-state index contributed by atoms with van der Waals surface area (Å²) in [5.74, 6) is -0.218. The number of benzene rings is 4. The van der Waals surface area contributed by atoms with Crippen molar-refractivity contribution in [2.24, 2.45) is 24.8 Å². The van der Waals surface area contributed by atoms with E-state index in [1.54, 1.807) is 66.5 Å². The number of anilines is 1. The number of furan rings is 2. The fraction of sp³-hybridized carbons (Fsp3) is 0.290. The Morgan fingerprint density at radius 1 is 0.429 bits per heavy atom. The Hall–Kier alpha value is -12.4. The minimum absolute atomic E-state index is 0.0000921. The number of carbonyl (C=O) groups excluding carboxylic acids is 8. The number of halogens is 8. The molecule has 6 atom stereocenters. The molecule has 12 aromatic rings. The fourth-order valence-corrected chi connectivity index (χ4v) is 19.8. The molecule has 1 aliphatic carbocycles. The van der Waals surface area contributed by atoms with Gasteiger partial charge in [0.25, 0.3) is 0 Å². The summed E-state index contributed by atoms with van der Waals surface area (Å²) in [5.41, 5.74) is 9.32. The number of rotatable bonds is 32. The van der Waals surface area contributed by atoms with Crippen LogP contribution in [-0.2, 0) is 72.5 Å². The summed E-state index contributed by atoms with van der Waals surface area (Å²) in [7, 11) is 13.3. The van der Waals surface area contributed by atoms with E-state index in [9.17, 15) is 38.4 Å². The molecule has 140 heavy (non-hydrogen) atoms. The number of aromatic nitrogens is 6. The lowest BCUT2D eigenvalue weighted by Crippen LogP contribution is -2.45. The molecule has 4 aliphatic rings.